The largest absolute Gasteiger partial charge is 0.396 e. The zero-order chi connectivity index (χ0) is 9.40. The summed E-state index contributed by atoms with van der Waals surface area (Å²) in [5.41, 5.74) is 0. The SMILES string of the molecule is CCSCCC(CO)CC(C)C. The molecule has 0 aliphatic rings. The number of hydrogen-bond acceptors (Lipinski definition) is 2. The Bertz CT molecular complexity index is 93.8. The van der Waals surface area contributed by atoms with E-state index >= 15 is 0 Å². The minimum absolute atomic E-state index is 0.364. The summed E-state index contributed by atoms with van der Waals surface area (Å²) < 4.78 is 0. The van der Waals surface area contributed by atoms with Crippen LogP contribution in [0.4, 0.5) is 0 Å². The highest BCUT2D eigenvalue weighted by Crippen LogP contribution is 2.17. The molecule has 0 aliphatic heterocycles. The quantitative estimate of drug-likeness (QED) is 0.623. The van der Waals surface area contributed by atoms with E-state index < -0.39 is 0 Å². The molecule has 1 unspecified atom stereocenters. The minimum atomic E-state index is 0.364. The van der Waals surface area contributed by atoms with Crippen molar-refractivity contribution in [1.29, 1.82) is 0 Å². The van der Waals surface area contributed by atoms with E-state index in [1.54, 1.807) is 0 Å². The molecule has 0 bridgehead atoms. The van der Waals surface area contributed by atoms with E-state index in [2.05, 4.69) is 20.8 Å². The average Bonchev–Trinajstić information content (AvgIpc) is 2.02. The summed E-state index contributed by atoms with van der Waals surface area (Å²) in [7, 11) is 0. The third kappa shape index (κ3) is 6.99. The highest BCUT2D eigenvalue weighted by molar-refractivity contribution is 7.99. The summed E-state index contributed by atoms with van der Waals surface area (Å²) in [5, 5.41) is 9.06. The van der Waals surface area contributed by atoms with Gasteiger partial charge in [-0.1, -0.05) is 20.8 Å². The lowest BCUT2D eigenvalue weighted by atomic mass is 9.96. The number of aliphatic hydroxyl groups excluding tert-OH is 1. The van der Waals surface area contributed by atoms with Crippen molar-refractivity contribution in [2.75, 3.05) is 18.1 Å². The monoisotopic (exact) mass is 190 g/mol. The lowest BCUT2D eigenvalue weighted by Crippen LogP contribution is -2.10. The number of aliphatic hydroxyl groups is 1. The summed E-state index contributed by atoms with van der Waals surface area (Å²) in [6, 6.07) is 0. The molecule has 1 N–H and O–H groups in total. The fourth-order valence-corrected chi connectivity index (χ4v) is 2.13. The number of rotatable bonds is 7. The molecule has 0 saturated heterocycles. The number of thioether (sulfide) groups is 1. The van der Waals surface area contributed by atoms with E-state index in [9.17, 15) is 0 Å². The van der Waals surface area contributed by atoms with Crippen molar-refractivity contribution < 1.29 is 5.11 Å². The van der Waals surface area contributed by atoms with Crippen LogP contribution in [0.3, 0.4) is 0 Å². The molecule has 0 aliphatic carbocycles. The van der Waals surface area contributed by atoms with Gasteiger partial charge in [0.05, 0.1) is 0 Å². The Hall–Kier alpha value is 0.310. The maximum atomic E-state index is 9.06. The first-order valence-electron chi connectivity index (χ1n) is 4.89. The molecule has 0 fully saturated rings. The minimum Gasteiger partial charge on any atom is -0.396 e. The predicted octanol–water partition coefficient (Wildman–Crippen LogP) is 2.78. The van der Waals surface area contributed by atoms with Gasteiger partial charge >= 0.3 is 0 Å². The Morgan fingerprint density at radius 1 is 1.33 bits per heavy atom. The van der Waals surface area contributed by atoms with Gasteiger partial charge in [-0.15, -0.1) is 0 Å². The molecule has 0 rings (SSSR count). The van der Waals surface area contributed by atoms with E-state index in [-0.39, 0.29) is 0 Å². The highest BCUT2D eigenvalue weighted by atomic mass is 32.2. The molecule has 2 heteroatoms. The normalized spacial score (nSPS) is 13.8. The van der Waals surface area contributed by atoms with E-state index in [1.807, 2.05) is 11.8 Å². The van der Waals surface area contributed by atoms with E-state index in [1.165, 1.54) is 24.3 Å². The third-order valence-electron chi connectivity index (χ3n) is 1.94. The summed E-state index contributed by atoms with van der Waals surface area (Å²) in [6.07, 6.45) is 2.34. The molecule has 0 aromatic rings. The molecule has 1 nitrogen and oxygen atoms in total. The van der Waals surface area contributed by atoms with Crippen molar-refractivity contribution >= 4 is 11.8 Å². The Morgan fingerprint density at radius 3 is 2.42 bits per heavy atom. The summed E-state index contributed by atoms with van der Waals surface area (Å²) in [5.74, 6) is 3.65. The van der Waals surface area contributed by atoms with Gasteiger partial charge in [0, 0.05) is 6.61 Å². The lowest BCUT2D eigenvalue weighted by molar-refractivity contribution is 0.203. The molecule has 0 spiro atoms. The van der Waals surface area contributed by atoms with Crippen LogP contribution in [0.1, 0.15) is 33.6 Å². The first kappa shape index (κ1) is 12.3. The highest BCUT2D eigenvalue weighted by Gasteiger charge is 2.08. The topological polar surface area (TPSA) is 20.2 Å². The molecule has 0 heterocycles. The van der Waals surface area contributed by atoms with Crippen LogP contribution in [0.15, 0.2) is 0 Å². The Balaban J connectivity index is 3.39. The maximum absolute atomic E-state index is 9.06. The van der Waals surface area contributed by atoms with E-state index in [0.29, 0.717) is 18.4 Å². The molecule has 74 valence electrons. The molecule has 0 aromatic heterocycles. The second-order valence-corrected chi connectivity index (χ2v) is 5.06. The van der Waals surface area contributed by atoms with Gasteiger partial charge in [-0.2, -0.15) is 11.8 Å². The van der Waals surface area contributed by atoms with Crippen molar-refractivity contribution in [3.8, 4) is 0 Å². The van der Waals surface area contributed by atoms with Crippen molar-refractivity contribution in [2.45, 2.75) is 33.6 Å². The summed E-state index contributed by atoms with van der Waals surface area (Å²) in [4.78, 5) is 0. The van der Waals surface area contributed by atoms with Crippen LogP contribution in [0.25, 0.3) is 0 Å². The van der Waals surface area contributed by atoms with Gasteiger partial charge in [0.1, 0.15) is 0 Å². The zero-order valence-electron chi connectivity index (χ0n) is 8.55. The third-order valence-corrected chi connectivity index (χ3v) is 2.87. The average molecular weight is 190 g/mol. The first-order chi connectivity index (χ1) is 5.70. The Morgan fingerprint density at radius 2 is 2.00 bits per heavy atom. The second-order valence-electron chi connectivity index (χ2n) is 3.66. The van der Waals surface area contributed by atoms with Gasteiger partial charge in [-0.05, 0) is 36.2 Å². The fraction of sp³-hybridized carbons (Fsp3) is 1.00. The molecule has 0 radical (unpaired) electrons. The van der Waals surface area contributed by atoms with Crippen LogP contribution in [-0.4, -0.2) is 23.2 Å². The van der Waals surface area contributed by atoms with Crippen LogP contribution in [0.5, 0.6) is 0 Å². The second kappa shape index (κ2) is 7.93. The van der Waals surface area contributed by atoms with Crippen LogP contribution < -0.4 is 0 Å². The van der Waals surface area contributed by atoms with Crippen LogP contribution >= 0.6 is 11.8 Å². The van der Waals surface area contributed by atoms with Gasteiger partial charge < -0.3 is 5.11 Å². The van der Waals surface area contributed by atoms with Crippen molar-refractivity contribution in [3.05, 3.63) is 0 Å². The molecule has 0 amide bonds. The molecular weight excluding hydrogens is 168 g/mol. The molecule has 0 aromatic carbocycles. The van der Waals surface area contributed by atoms with E-state index in [4.69, 9.17) is 5.11 Å². The van der Waals surface area contributed by atoms with E-state index in [0.717, 1.165) is 0 Å². The zero-order valence-corrected chi connectivity index (χ0v) is 9.36. The lowest BCUT2D eigenvalue weighted by Gasteiger charge is -2.15. The molecular formula is C10H22OS. The molecule has 0 saturated carbocycles. The summed E-state index contributed by atoms with van der Waals surface area (Å²) >= 11 is 1.97. The molecule has 12 heavy (non-hydrogen) atoms. The van der Waals surface area contributed by atoms with Crippen molar-refractivity contribution in [3.63, 3.8) is 0 Å². The van der Waals surface area contributed by atoms with Crippen molar-refractivity contribution in [2.24, 2.45) is 11.8 Å². The van der Waals surface area contributed by atoms with Gasteiger partial charge in [-0.3, -0.25) is 0 Å². The van der Waals surface area contributed by atoms with Gasteiger partial charge in [0.15, 0.2) is 0 Å². The van der Waals surface area contributed by atoms with Gasteiger partial charge in [0.2, 0.25) is 0 Å². The predicted molar refractivity (Wildman–Crippen MR) is 57.6 cm³/mol. The number of hydrogen-bond donors (Lipinski definition) is 1. The van der Waals surface area contributed by atoms with Crippen LogP contribution in [-0.2, 0) is 0 Å². The van der Waals surface area contributed by atoms with Crippen molar-refractivity contribution in [1.82, 2.24) is 0 Å². The smallest absolute Gasteiger partial charge is 0.0459 e. The van der Waals surface area contributed by atoms with Crippen LogP contribution in [0.2, 0.25) is 0 Å². The standard InChI is InChI=1S/C10H22OS/c1-4-12-6-5-10(8-11)7-9(2)3/h9-11H,4-8H2,1-3H3. The Kier molecular flexibility index (Phi) is 8.14. The molecule has 1 atom stereocenters. The maximum Gasteiger partial charge on any atom is 0.0459 e. The first-order valence-corrected chi connectivity index (χ1v) is 6.04. The fourth-order valence-electron chi connectivity index (χ4n) is 1.34. The van der Waals surface area contributed by atoms with Gasteiger partial charge in [-0.25, -0.2) is 0 Å². The Labute approximate surface area is 80.9 Å². The van der Waals surface area contributed by atoms with Crippen LogP contribution in [0, 0.1) is 11.8 Å². The summed E-state index contributed by atoms with van der Waals surface area (Å²) in [6.45, 7) is 6.98. The van der Waals surface area contributed by atoms with Gasteiger partial charge in [0.25, 0.3) is 0 Å².